The summed E-state index contributed by atoms with van der Waals surface area (Å²) >= 11 is 10.6. The van der Waals surface area contributed by atoms with Crippen LogP contribution in [0.15, 0.2) is 24.5 Å². The third-order valence-corrected chi connectivity index (χ3v) is 2.93. The number of nitrogens with zero attached hydrogens (tertiary/aromatic N) is 2. The molecular weight excluding hydrogens is 395 g/mol. The first-order valence-corrected chi connectivity index (χ1v) is 6.34. The molecule has 0 aliphatic carbocycles. The van der Waals surface area contributed by atoms with Gasteiger partial charge in [0.05, 0.1) is 16.1 Å². The van der Waals surface area contributed by atoms with Crippen LogP contribution in [0.3, 0.4) is 0 Å². The van der Waals surface area contributed by atoms with Crippen molar-refractivity contribution in [2.24, 2.45) is 0 Å². The quantitative estimate of drug-likeness (QED) is 0.414. The monoisotopic (exact) mass is 398 g/mol. The summed E-state index contributed by atoms with van der Waals surface area (Å²) in [5.41, 5.74) is -2.21. The Bertz CT molecular complexity index is 654. The van der Waals surface area contributed by atoms with Crippen LogP contribution in [0.2, 0.25) is 10.2 Å². The van der Waals surface area contributed by atoms with Gasteiger partial charge in [0.15, 0.2) is 5.82 Å². The molecule has 2 aromatic heterocycles. The fraction of sp³-hybridized carbons (Fsp3) is 0.167. The third-order valence-electron chi connectivity index (χ3n) is 2.25. The van der Waals surface area contributed by atoms with E-state index in [2.05, 4.69) is 9.97 Å². The Morgan fingerprint density at radius 2 is 1.21 bits per heavy atom. The van der Waals surface area contributed by atoms with Gasteiger partial charge < -0.3 is 0 Å². The van der Waals surface area contributed by atoms with Crippen LogP contribution in [0.5, 0.6) is 0 Å². The van der Waals surface area contributed by atoms with Crippen molar-refractivity contribution in [1.82, 2.24) is 9.97 Å². The Morgan fingerprint density at radius 3 is 1.62 bits per heavy atom. The van der Waals surface area contributed by atoms with Crippen LogP contribution in [0.25, 0.3) is 0 Å². The number of aromatic nitrogens is 2. The topological polar surface area (TPSA) is 25.8 Å². The maximum Gasteiger partial charge on any atom is 0.417 e. The van der Waals surface area contributed by atoms with E-state index in [9.17, 15) is 35.1 Å². The minimum Gasteiger partial charge on any atom is -0.242 e. The largest absolute Gasteiger partial charge is 0.417 e. The minimum absolute atomic E-state index is 0.0579. The molecule has 0 radical (unpaired) electrons. The third kappa shape index (κ3) is 5.75. The summed E-state index contributed by atoms with van der Waals surface area (Å²) in [5, 5.41) is -0.337. The van der Waals surface area contributed by atoms with Crippen LogP contribution in [0, 0.1) is 11.8 Å². The molecule has 0 aliphatic rings. The fourth-order valence-electron chi connectivity index (χ4n) is 1.15. The molecule has 2 nitrogen and oxygen atoms in total. The maximum atomic E-state index is 12.2. The minimum atomic E-state index is -4.69. The second-order valence-corrected chi connectivity index (χ2v) is 4.75. The van der Waals surface area contributed by atoms with Crippen molar-refractivity contribution in [3.05, 3.63) is 57.6 Å². The highest BCUT2D eigenvalue weighted by Crippen LogP contribution is 2.32. The van der Waals surface area contributed by atoms with Gasteiger partial charge in [0, 0.05) is 12.4 Å². The molecule has 0 atom stereocenters. The van der Waals surface area contributed by atoms with Crippen molar-refractivity contribution in [2.75, 3.05) is 0 Å². The molecule has 0 N–H and O–H groups in total. The van der Waals surface area contributed by atoms with Crippen molar-refractivity contribution in [3.8, 4) is 0 Å². The molecule has 2 rings (SSSR count). The van der Waals surface area contributed by atoms with E-state index in [4.69, 9.17) is 23.2 Å². The smallest absolute Gasteiger partial charge is 0.242 e. The van der Waals surface area contributed by atoms with Gasteiger partial charge in [-0.3, -0.25) is 0 Å². The van der Waals surface area contributed by atoms with Gasteiger partial charge in [-0.25, -0.2) is 14.4 Å². The number of halogens is 10. The van der Waals surface area contributed by atoms with E-state index in [0.29, 0.717) is 6.20 Å². The molecule has 2 aromatic rings. The van der Waals surface area contributed by atoms with Gasteiger partial charge in [-0.15, -0.1) is 0 Å². The molecule has 132 valence electrons. The van der Waals surface area contributed by atoms with E-state index < -0.39 is 35.2 Å². The van der Waals surface area contributed by atoms with Crippen LogP contribution in [-0.2, 0) is 12.4 Å². The van der Waals surface area contributed by atoms with E-state index in [1.807, 2.05) is 0 Å². The molecule has 0 saturated heterocycles. The van der Waals surface area contributed by atoms with E-state index >= 15 is 0 Å². The van der Waals surface area contributed by atoms with Gasteiger partial charge in [-0.05, 0) is 12.1 Å². The molecule has 0 bridgehead atoms. The molecule has 0 unspecified atom stereocenters. The summed E-state index contributed by atoms with van der Waals surface area (Å²) in [4.78, 5) is 5.84. The van der Waals surface area contributed by atoms with Crippen molar-refractivity contribution in [2.45, 2.75) is 12.4 Å². The van der Waals surface area contributed by atoms with Gasteiger partial charge >= 0.3 is 12.4 Å². The van der Waals surface area contributed by atoms with Crippen LogP contribution in [-0.4, -0.2) is 9.97 Å². The van der Waals surface area contributed by atoms with Gasteiger partial charge in [0.1, 0.15) is 5.15 Å². The number of pyridine rings is 2. The molecule has 12 heteroatoms. The summed E-state index contributed by atoms with van der Waals surface area (Å²) in [6.45, 7) is 0. The van der Waals surface area contributed by atoms with E-state index in [-0.39, 0.29) is 22.4 Å². The van der Waals surface area contributed by atoms with Crippen molar-refractivity contribution in [1.29, 1.82) is 0 Å². The van der Waals surface area contributed by atoms with Crippen LogP contribution in [0.4, 0.5) is 35.1 Å². The molecule has 0 aliphatic heterocycles. The molecular formula is C12H4Cl2F8N2. The standard InChI is InChI=1S/C6H2Cl2F3N.C6H2F5N/c2*7-4-1-3(6(9,10)11)2-12-5(4)8/h2*1-2H. The zero-order chi connectivity index (χ0) is 18.7. The summed E-state index contributed by atoms with van der Waals surface area (Å²) in [6, 6.07) is 0.791. The van der Waals surface area contributed by atoms with Gasteiger partial charge in [0.25, 0.3) is 0 Å². The van der Waals surface area contributed by atoms with E-state index in [1.54, 1.807) is 0 Å². The molecule has 24 heavy (non-hydrogen) atoms. The Morgan fingerprint density at radius 1 is 0.750 bits per heavy atom. The number of hydrogen-bond donors (Lipinski definition) is 0. The second-order valence-electron chi connectivity index (χ2n) is 3.99. The van der Waals surface area contributed by atoms with Crippen molar-refractivity contribution in [3.63, 3.8) is 0 Å². The number of alkyl halides is 6. The van der Waals surface area contributed by atoms with E-state index in [0.717, 1.165) is 6.07 Å². The lowest BCUT2D eigenvalue weighted by atomic mass is 10.3. The summed E-state index contributed by atoms with van der Waals surface area (Å²) in [5.74, 6) is -3.15. The fourth-order valence-corrected chi connectivity index (χ4v) is 1.42. The van der Waals surface area contributed by atoms with Crippen molar-refractivity contribution < 1.29 is 35.1 Å². The van der Waals surface area contributed by atoms with E-state index in [1.165, 1.54) is 0 Å². The van der Waals surface area contributed by atoms with Crippen molar-refractivity contribution >= 4 is 23.2 Å². The highest BCUT2D eigenvalue weighted by atomic mass is 35.5. The Kier molecular flexibility index (Phi) is 6.34. The molecule has 0 aromatic carbocycles. The number of rotatable bonds is 0. The normalized spacial score (nSPS) is 11.8. The average molecular weight is 399 g/mol. The van der Waals surface area contributed by atoms with Gasteiger partial charge in [-0.1, -0.05) is 23.2 Å². The van der Waals surface area contributed by atoms with Gasteiger partial charge in [0.2, 0.25) is 5.95 Å². The van der Waals surface area contributed by atoms with Gasteiger partial charge in [-0.2, -0.15) is 30.7 Å². The SMILES string of the molecule is FC(F)(F)c1cnc(Cl)c(Cl)c1.Fc1cc(C(F)(F)F)cnc1F. The lowest BCUT2D eigenvalue weighted by Crippen LogP contribution is -2.07. The Labute approximate surface area is 139 Å². The lowest BCUT2D eigenvalue weighted by Gasteiger charge is -2.05. The molecule has 0 spiro atoms. The molecule has 0 fully saturated rings. The first-order chi connectivity index (χ1) is 10.8. The summed E-state index contributed by atoms with van der Waals surface area (Å²) < 4.78 is 95.4. The zero-order valence-corrected chi connectivity index (χ0v) is 12.5. The predicted molar refractivity (Wildman–Crippen MR) is 68.4 cm³/mol. The highest BCUT2D eigenvalue weighted by molar-refractivity contribution is 6.41. The Balaban J connectivity index is 0.000000240. The molecule has 0 amide bonds. The highest BCUT2D eigenvalue weighted by Gasteiger charge is 2.32. The first kappa shape index (κ1) is 20.4. The lowest BCUT2D eigenvalue weighted by molar-refractivity contribution is -0.138. The summed E-state index contributed by atoms with van der Waals surface area (Å²) in [6.07, 6.45) is -8.25. The van der Waals surface area contributed by atoms with Crippen LogP contribution in [0.1, 0.15) is 11.1 Å². The number of hydrogen-bond acceptors (Lipinski definition) is 2. The zero-order valence-electron chi connectivity index (χ0n) is 11.0. The molecule has 2 heterocycles. The average Bonchev–Trinajstić information content (AvgIpc) is 2.43. The Hall–Kier alpha value is -1.68. The second kappa shape index (κ2) is 7.47. The summed E-state index contributed by atoms with van der Waals surface area (Å²) in [7, 11) is 0. The van der Waals surface area contributed by atoms with Crippen LogP contribution >= 0.6 is 23.2 Å². The van der Waals surface area contributed by atoms with Crippen LogP contribution < -0.4 is 0 Å². The first-order valence-electron chi connectivity index (χ1n) is 5.59. The molecule has 0 saturated carbocycles. The maximum absolute atomic E-state index is 12.2. The predicted octanol–water partition coefficient (Wildman–Crippen LogP) is 5.79.